The number of nitrogens with zero attached hydrogens (tertiary/aromatic N) is 4. The van der Waals surface area contributed by atoms with Crippen LogP contribution in [-0.2, 0) is 6.54 Å². The summed E-state index contributed by atoms with van der Waals surface area (Å²) in [5.41, 5.74) is 2.56. The molecule has 8 nitrogen and oxygen atoms in total. The largest absolute Gasteiger partial charge is 0.366 e. The first-order valence-electron chi connectivity index (χ1n) is 12.1. The Bertz CT molecular complexity index is 1360. The van der Waals surface area contributed by atoms with Crippen LogP contribution in [0.3, 0.4) is 0 Å². The van der Waals surface area contributed by atoms with Gasteiger partial charge in [-0.15, -0.1) is 0 Å². The van der Waals surface area contributed by atoms with Crippen LogP contribution in [0.5, 0.6) is 0 Å². The molecule has 0 bridgehead atoms. The summed E-state index contributed by atoms with van der Waals surface area (Å²) in [4.78, 5) is 40.3. The monoisotopic (exact) mass is 496 g/mol. The van der Waals surface area contributed by atoms with E-state index < -0.39 is 5.82 Å². The number of H-pyrrole nitrogens is 1. The molecule has 2 saturated carbocycles. The van der Waals surface area contributed by atoms with Crippen molar-refractivity contribution in [1.29, 1.82) is 0 Å². The molecule has 1 aliphatic heterocycles. The van der Waals surface area contributed by atoms with Crippen LogP contribution >= 0.6 is 11.6 Å². The van der Waals surface area contributed by atoms with E-state index in [4.69, 9.17) is 11.6 Å². The summed E-state index contributed by atoms with van der Waals surface area (Å²) in [6.45, 7) is 3.27. The van der Waals surface area contributed by atoms with Crippen LogP contribution in [0, 0.1) is 5.82 Å². The summed E-state index contributed by atoms with van der Waals surface area (Å²) in [6.07, 6.45) is 3.97. The van der Waals surface area contributed by atoms with Crippen LogP contribution in [0.1, 0.15) is 53.3 Å². The minimum Gasteiger partial charge on any atom is -0.366 e. The second kappa shape index (κ2) is 8.87. The van der Waals surface area contributed by atoms with Crippen molar-refractivity contribution in [3.8, 4) is 0 Å². The van der Waals surface area contributed by atoms with Crippen molar-refractivity contribution in [2.24, 2.45) is 0 Å². The predicted octanol–water partition coefficient (Wildman–Crippen LogP) is 3.20. The maximum Gasteiger partial charge on any atom is 0.270 e. The Morgan fingerprint density at radius 2 is 1.86 bits per heavy atom. The SMILES string of the molecule is O=C(NC1CC1)c1ccc(N2CCN(Cc3ccc4nc(C5CC5)c(=O)[nH]c4c3F)CC2)c(Cl)n1. The van der Waals surface area contributed by atoms with Gasteiger partial charge < -0.3 is 15.2 Å². The van der Waals surface area contributed by atoms with Gasteiger partial charge in [0.1, 0.15) is 16.9 Å². The van der Waals surface area contributed by atoms with Gasteiger partial charge in [-0.05, 0) is 43.9 Å². The van der Waals surface area contributed by atoms with Crippen LogP contribution in [0.25, 0.3) is 11.0 Å². The molecule has 182 valence electrons. The molecule has 10 heteroatoms. The van der Waals surface area contributed by atoms with Gasteiger partial charge in [0.15, 0.2) is 11.0 Å². The van der Waals surface area contributed by atoms with Crippen LogP contribution in [0.2, 0.25) is 5.15 Å². The van der Waals surface area contributed by atoms with Crippen molar-refractivity contribution >= 4 is 34.2 Å². The molecule has 1 aromatic carbocycles. The zero-order chi connectivity index (χ0) is 24.1. The third-order valence-electron chi connectivity index (χ3n) is 6.96. The van der Waals surface area contributed by atoms with Gasteiger partial charge in [-0.3, -0.25) is 14.5 Å². The van der Waals surface area contributed by atoms with E-state index >= 15 is 4.39 Å². The Morgan fingerprint density at radius 3 is 2.54 bits per heavy atom. The Balaban J connectivity index is 1.11. The lowest BCUT2D eigenvalue weighted by Crippen LogP contribution is -2.46. The van der Waals surface area contributed by atoms with Crippen LogP contribution in [0.4, 0.5) is 10.1 Å². The Kier molecular flexibility index (Phi) is 5.69. The Labute approximate surface area is 206 Å². The zero-order valence-corrected chi connectivity index (χ0v) is 19.9. The van der Waals surface area contributed by atoms with Gasteiger partial charge in [-0.1, -0.05) is 17.7 Å². The number of aromatic nitrogens is 3. The molecule has 3 aromatic rings. The molecule has 2 aromatic heterocycles. The molecular formula is C25H26ClFN6O2. The van der Waals surface area contributed by atoms with E-state index in [0.717, 1.165) is 31.4 Å². The molecule has 2 N–H and O–H groups in total. The van der Waals surface area contributed by atoms with Gasteiger partial charge in [0.05, 0.1) is 11.2 Å². The van der Waals surface area contributed by atoms with E-state index in [1.165, 1.54) is 0 Å². The number of rotatable bonds is 6. The standard InChI is InChI=1S/C25H26ClFN6O2/c26-23-19(8-7-18(30-23)24(34)28-16-4-5-16)33-11-9-32(10-12-33)13-15-3-6-17-22(20(15)27)31-25(35)21(29-17)14-1-2-14/h3,6-8,14,16H,1-2,4-5,9-13H2,(H,28,34)(H,31,35). The molecule has 3 heterocycles. The maximum absolute atomic E-state index is 15.2. The average molecular weight is 497 g/mol. The molecule has 6 rings (SSSR count). The summed E-state index contributed by atoms with van der Waals surface area (Å²) in [6, 6.07) is 7.37. The summed E-state index contributed by atoms with van der Waals surface area (Å²) in [5.74, 6) is -0.394. The number of aromatic amines is 1. The van der Waals surface area contributed by atoms with E-state index in [1.807, 2.05) is 6.07 Å². The van der Waals surface area contributed by atoms with E-state index in [2.05, 4.69) is 30.1 Å². The molecule has 0 unspecified atom stereocenters. The van der Waals surface area contributed by atoms with Crippen LogP contribution in [0.15, 0.2) is 29.1 Å². The van der Waals surface area contributed by atoms with Crippen molar-refractivity contribution in [1.82, 2.24) is 25.2 Å². The highest BCUT2D eigenvalue weighted by atomic mass is 35.5. The number of anilines is 1. The number of hydrogen-bond donors (Lipinski definition) is 2. The average Bonchev–Trinajstić information content (AvgIpc) is 3.77. The van der Waals surface area contributed by atoms with E-state index in [0.29, 0.717) is 60.3 Å². The molecule has 0 atom stereocenters. The summed E-state index contributed by atoms with van der Waals surface area (Å²) >= 11 is 6.42. The van der Waals surface area contributed by atoms with Gasteiger partial charge >= 0.3 is 0 Å². The molecule has 0 spiro atoms. The zero-order valence-electron chi connectivity index (χ0n) is 19.2. The highest BCUT2D eigenvalue weighted by Gasteiger charge is 2.29. The second-order valence-electron chi connectivity index (χ2n) is 9.68. The van der Waals surface area contributed by atoms with Crippen molar-refractivity contribution in [2.75, 3.05) is 31.1 Å². The summed E-state index contributed by atoms with van der Waals surface area (Å²) in [7, 11) is 0. The Hall–Kier alpha value is -3.04. The number of halogens is 2. The quantitative estimate of drug-likeness (QED) is 0.509. The number of piperazine rings is 1. The first kappa shape index (κ1) is 22.4. The predicted molar refractivity (Wildman–Crippen MR) is 132 cm³/mol. The Morgan fingerprint density at radius 1 is 1.09 bits per heavy atom. The molecule has 2 aliphatic carbocycles. The maximum atomic E-state index is 15.2. The highest BCUT2D eigenvalue weighted by Crippen LogP contribution is 2.37. The van der Waals surface area contributed by atoms with Crippen LogP contribution < -0.4 is 15.8 Å². The molecule has 0 radical (unpaired) electrons. The number of pyridine rings is 1. The van der Waals surface area contributed by atoms with Crippen molar-refractivity contribution in [2.45, 2.75) is 44.2 Å². The van der Waals surface area contributed by atoms with E-state index in [9.17, 15) is 9.59 Å². The summed E-state index contributed by atoms with van der Waals surface area (Å²) in [5, 5.41) is 3.23. The lowest BCUT2D eigenvalue weighted by Gasteiger charge is -2.36. The molecule has 1 amide bonds. The number of nitrogens with one attached hydrogen (secondary N) is 2. The van der Waals surface area contributed by atoms with E-state index in [1.54, 1.807) is 18.2 Å². The normalized spacial score (nSPS) is 18.7. The summed E-state index contributed by atoms with van der Waals surface area (Å²) < 4.78 is 15.2. The highest BCUT2D eigenvalue weighted by molar-refractivity contribution is 6.32. The first-order chi connectivity index (χ1) is 17.0. The lowest BCUT2D eigenvalue weighted by molar-refractivity contribution is 0.0946. The van der Waals surface area contributed by atoms with Gasteiger partial charge in [0.25, 0.3) is 11.5 Å². The first-order valence-corrected chi connectivity index (χ1v) is 12.5. The third-order valence-corrected chi connectivity index (χ3v) is 7.24. The van der Waals surface area contributed by atoms with Gasteiger partial charge in [0, 0.05) is 50.2 Å². The minimum absolute atomic E-state index is 0.180. The van der Waals surface area contributed by atoms with Crippen molar-refractivity contribution in [3.05, 3.63) is 62.5 Å². The number of carbonyl (C=O) groups excluding carboxylic acids is 1. The fraction of sp³-hybridized carbons (Fsp3) is 0.440. The second-order valence-corrected chi connectivity index (χ2v) is 10.0. The van der Waals surface area contributed by atoms with Crippen molar-refractivity contribution in [3.63, 3.8) is 0 Å². The topological polar surface area (TPSA) is 94.2 Å². The number of fused-ring (bicyclic) bond motifs is 1. The number of amides is 1. The molecule has 3 aliphatic rings. The molecular weight excluding hydrogens is 471 g/mol. The van der Waals surface area contributed by atoms with Crippen LogP contribution in [-0.4, -0.2) is 58.0 Å². The lowest BCUT2D eigenvalue weighted by atomic mass is 10.1. The third kappa shape index (κ3) is 4.62. The van der Waals surface area contributed by atoms with Gasteiger partial charge in [-0.2, -0.15) is 0 Å². The fourth-order valence-electron chi connectivity index (χ4n) is 4.60. The molecule has 1 saturated heterocycles. The van der Waals surface area contributed by atoms with E-state index in [-0.39, 0.29) is 28.9 Å². The fourth-order valence-corrected chi connectivity index (χ4v) is 4.87. The van der Waals surface area contributed by atoms with Gasteiger partial charge in [0.2, 0.25) is 0 Å². The van der Waals surface area contributed by atoms with Crippen molar-refractivity contribution < 1.29 is 9.18 Å². The van der Waals surface area contributed by atoms with Gasteiger partial charge in [-0.25, -0.2) is 14.4 Å². The smallest absolute Gasteiger partial charge is 0.270 e. The molecule has 3 fully saturated rings. The number of carbonyl (C=O) groups is 1. The molecule has 35 heavy (non-hydrogen) atoms. The minimum atomic E-state index is -0.413. The number of hydrogen-bond acceptors (Lipinski definition) is 6. The number of benzene rings is 1.